The zero-order chi connectivity index (χ0) is 71.7. The molecule has 0 saturated heterocycles. The van der Waals surface area contributed by atoms with Crippen LogP contribution in [0.4, 0.5) is 0 Å². The molecule has 0 aliphatic carbocycles. The van der Waals surface area contributed by atoms with Gasteiger partial charge in [-0.15, -0.1) is 0 Å². The molecule has 8 atom stereocenters. The van der Waals surface area contributed by atoms with Crippen LogP contribution in [0, 0.1) is 23.7 Å². The van der Waals surface area contributed by atoms with E-state index in [1.165, 1.54) is 193 Å². The normalized spacial score (nSPS) is 14.9. The van der Waals surface area contributed by atoms with Crippen LogP contribution in [0.15, 0.2) is 0 Å². The van der Waals surface area contributed by atoms with Crippen molar-refractivity contribution < 1.29 is 80.2 Å². The third-order valence-corrected chi connectivity index (χ3v) is 21.1. The topological polar surface area (TPSA) is 237 Å². The van der Waals surface area contributed by atoms with E-state index in [4.69, 9.17) is 37.0 Å². The lowest BCUT2D eigenvalue weighted by atomic mass is 9.99. The number of hydrogen-bond acceptors (Lipinski definition) is 15. The molecule has 19 heteroatoms. The third kappa shape index (κ3) is 68.3. The third-order valence-electron chi connectivity index (χ3n) is 19.2. The number of unbranched alkanes of at least 4 members (excludes halogenated alkanes) is 38. The minimum absolute atomic E-state index is 0.105. The van der Waals surface area contributed by atoms with Gasteiger partial charge in [0.2, 0.25) is 0 Å². The number of aliphatic hydroxyl groups excluding tert-OH is 1. The van der Waals surface area contributed by atoms with Crippen LogP contribution in [0.25, 0.3) is 0 Å². The molecule has 0 aromatic heterocycles. The van der Waals surface area contributed by atoms with E-state index in [2.05, 4.69) is 55.4 Å². The quantitative estimate of drug-likeness (QED) is 0.0222. The molecule has 0 fully saturated rings. The molecule has 0 heterocycles. The Morgan fingerprint density at radius 2 is 0.495 bits per heavy atom. The SMILES string of the molecule is CCC(C)CCCCCCCCCCCCCCCCCCCCC(=O)O[C@H](COC(=O)CCCCCCCCC(C)CC)COP(=O)(O)OC[C@H](O)COP(=O)(O)OC[C@@H](COC(=O)CCCCCCCCCCC(C)CC)OC(=O)CCCCCCCCCCCCC(C)C. The summed E-state index contributed by atoms with van der Waals surface area (Å²) in [6.45, 7) is 14.2. The van der Waals surface area contributed by atoms with Crippen LogP contribution < -0.4 is 0 Å². The summed E-state index contributed by atoms with van der Waals surface area (Å²) in [5, 5.41) is 10.6. The molecule has 0 bridgehead atoms. The first kappa shape index (κ1) is 95.1. The van der Waals surface area contributed by atoms with Crippen molar-refractivity contribution in [3.05, 3.63) is 0 Å². The highest BCUT2D eigenvalue weighted by atomic mass is 31.2. The number of phosphoric ester groups is 2. The first-order chi connectivity index (χ1) is 46.7. The fraction of sp³-hybridized carbons (Fsp3) is 0.949. The van der Waals surface area contributed by atoms with Gasteiger partial charge in [-0.05, 0) is 49.4 Å². The lowest BCUT2D eigenvalue weighted by molar-refractivity contribution is -0.161. The lowest BCUT2D eigenvalue weighted by Gasteiger charge is -2.21. The summed E-state index contributed by atoms with van der Waals surface area (Å²) in [6.07, 6.45) is 52.8. The Kier molecular flexibility index (Phi) is 65.9. The largest absolute Gasteiger partial charge is 0.472 e. The summed E-state index contributed by atoms with van der Waals surface area (Å²) >= 11 is 0. The summed E-state index contributed by atoms with van der Waals surface area (Å²) in [4.78, 5) is 72.8. The number of aliphatic hydroxyl groups is 1. The maximum Gasteiger partial charge on any atom is 0.472 e. The fourth-order valence-electron chi connectivity index (χ4n) is 11.8. The minimum atomic E-state index is -4.96. The monoisotopic (exact) mass is 1420 g/mol. The highest BCUT2D eigenvalue weighted by molar-refractivity contribution is 7.47. The van der Waals surface area contributed by atoms with Crippen molar-refractivity contribution in [3.8, 4) is 0 Å². The summed E-state index contributed by atoms with van der Waals surface area (Å²) in [6, 6.07) is 0. The number of carbonyl (C=O) groups excluding carboxylic acids is 4. The molecule has 0 aromatic carbocycles. The smallest absolute Gasteiger partial charge is 0.462 e. The second-order valence-electron chi connectivity index (χ2n) is 29.3. The van der Waals surface area contributed by atoms with E-state index in [0.717, 1.165) is 120 Å². The summed E-state index contributed by atoms with van der Waals surface area (Å²) in [7, 11) is -9.92. The Morgan fingerprint density at radius 1 is 0.289 bits per heavy atom. The second-order valence-corrected chi connectivity index (χ2v) is 32.2. The summed E-state index contributed by atoms with van der Waals surface area (Å²) in [5.41, 5.74) is 0. The number of hydrogen-bond donors (Lipinski definition) is 3. The Balaban J connectivity index is 5.19. The summed E-state index contributed by atoms with van der Waals surface area (Å²) < 4.78 is 68.6. The van der Waals surface area contributed by atoms with Crippen molar-refractivity contribution in [2.75, 3.05) is 39.6 Å². The molecule has 0 radical (unpaired) electrons. The molecule has 17 nitrogen and oxygen atoms in total. The first-order valence-electron chi connectivity index (χ1n) is 40.3. The van der Waals surface area contributed by atoms with Gasteiger partial charge in [-0.3, -0.25) is 37.3 Å². The minimum Gasteiger partial charge on any atom is -0.462 e. The number of phosphoric acid groups is 2. The average molecular weight is 1420 g/mol. The van der Waals surface area contributed by atoms with E-state index >= 15 is 0 Å². The molecule has 0 amide bonds. The predicted octanol–water partition coefficient (Wildman–Crippen LogP) is 22.8. The van der Waals surface area contributed by atoms with Crippen molar-refractivity contribution in [1.82, 2.24) is 0 Å². The van der Waals surface area contributed by atoms with E-state index in [0.29, 0.717) is 25.7 Å². The van der Waals surface area contributed by atoms with E-state index in [-0.39, 0.29) is 25.7 Å². The zero-order valence-electron chi connectivity index (χ0n) is 63.7. The number of ether oxygens (including phenoxy) is 4. The van der Waals surface area contributed by atoms with Crippen molar-refractivity contribution in [1.29, 1.82) is 0 Å². The molecule has 0 aromatic rings. The van der Waals surface area contributed by atoms with Gasteiger partial charge in [0.1, 0.15) is 19.3 Å². The standard InChI is InChI=1S/C78H152O17P2/c1-9-69(6)55-47-39-31-25-20-18-16-14-12-13-15-17-19-21-26-34-44-52-60-77(82)95-74(65-89-76(81)59-51-43-37-36-41-49-57-71(8)11-3)67-93-97(86,87)91-63-72(79)62-90-96(84,85)92-66-73(64-88-75(80)58-50-42-33-29-28-32-40-48-56-70(7)10-2)94-78(83)61-53-45-35-27-23-22-24-30-38-46-54-68(4)5/h68-74,79H,9-67H2,1-8H3,(H,84,85)(H,86,87)/t69?,70?,71?,72-,73-,74-/m1/s1. The Labute approximate surface area is 594 Å². The molecule has 0 saturated carbocycles. The molecule has 5 unspecified atom stereocenters. The maximum atomic E-state index is 13.1. The van der Waals surface area contributed by atoms with E-state index in [9.17, 15) is 43.2 Å². The number of esters is 4. The van der Waals surface area contributed by atoms with E-state index in [1.807, 2.05) is 0 Å². The Hall–Kier alpha value is -1.94. The van der Waals surface area contributed by atoms with Crippen molar-refractivity contribution in [2.24, 2.45) is 23.7 Å². The van der Waals surface area contributed by atoms with Gasteiger partial charge in [0.25, 0.3) is 0 Å². The molecule has 0 spiro atoms. The van der Waals surface area contributed by atoms with Crippen molar-refractivity contribution in [3.63, 3.8) is 0 Å². The van der Waals surface area contributed by atoms with Crippen LogP contribution in [-0.4, -0.2) is 96.7 Å². The highest BCUT2D eigenvalue weighted by Gasteiger charge is 2.30. The summed E-state index contributed by atoms with van der Waals surface area (Å²) in [5.74, 6) is 1.01. The Bertz CT molecular complexity index is 1910. The molecule has 0 rings (SSSR count). The molecule has 3 N–H and O–H groups in total. The van der Waals surface area contributed by atoms with Crippen LogP contribution in [0.3, 0.4) is 0 Å². The van der Waals surface area contributed by atoms with Gasteiger partial charge in [0, 0.05) is 25.7 Å². The lowest BCUT2D eigenvalue weighted by Crippen LogP contribution is -2.30. The van der Waals surface area contributed by atoms with Gasteiger partial charge in [0.05, 0.1) is 26.4 Å². The van der Waals surface area contributed by atoms with Crippen LogP contribution in [-0.2, 0) is 65.4 Å². The van der Waals surface area contributed by atoms with Gasteiger partial charge >= 0.3 is 39.5 Å². The molecular formula is C78H152O17P2. The fourth-order valence-corrected chi connectivity index (χ4v) is 13.4. The van der Waals surface area contributed by atoms with Crippen molar-refractivity contribution in [2.45, 2.75) is 414 Å². The van der Waals surface area contributed by atoms with Crippen molar-refractivity contribution >= 4 is 39.5 Å². The van der Waals surface area contributed by atoms with E-state index < -0.39 is 97.5 Å². The molecule has 97 heavy (non-hydrogen) atoms. The number of carbonyl (C=O) groups is 4. The van der Waals surface area contributed by atoms with Crippen LogP contribution in [0.5, 0.6) is 0 Å². The number of rotatable bonds is 75. The Morgan fingerprint density at radius 3 is 0.732 bits per heavy atom. The molecule has 0 aliphatic heterocycles. The average Bonchev–Trinajstić information content (AvgIpc) is 1.47. The highest BCUT2D eigenvalue weighted by Crippen LogP contribution is 2.45. The van der Waals surface area contributed by atoms with Crippen LogP contribution in [0.2, 0.25) is 0 Å². The second kappa shape index (κ2) is 67.2. The molecule has 576 valence electrons. The first-order valence-corrected chi connectivity index (χ1v) is 43.3. The maximum absolute atomic E-state index is 13.1. The van der Waals surface area contributed by atoms with E-state index in [1.54, 1.807) is 0 Å². The predicted molar refractivity (Wildman–Crippen MR) is 395 cm³/mol. The molecular weight excluding hydrogens is 1270 g/mol. The zero-order valence-corrected chi connectivity index (χ0v) is 65.5. The van der Waals surface area contributed by atoms with Gasteiger partial charge < -0.3 is 33.8 Å². The van der Waals surface area contributed by atoms with Gasteiger partial charge in [-0.2, -0.15) is 0 Å². The van der Waals surface area contributed by atoms with Gasteiger partial charge in [-0.25, -0.2) is 9.13 Å². The van der Waals surface area contributed by atoms with Gasteiger partial charge in [-0.1, -0.05) is 344 Å². The molecule has 0 aliphatic rings. The van der Waals surface area contributed by atoms with Crippen LogP contribution in [0.1, 0.15) is 396 Å². The van der Waals surface area contributed by atoms with Crippen LogP contribution >= 0.6 is 15.6 Å². The van der Waals surface area contributed by atoms with Gasteiger partial charge in [0.15, 0.2) is 12.2 Å².